The van der Waals surface area contributed by atoms with Crippen LogP contribution in [0.2, 0.25) is 5.02 Å². The van der Waals surface area contributed by atoms with Crippen LogP contribution in [0.1, 0.15) is 19.8 Å². The predicted octanol–water partition coefficient (Wildman–Crippen LogP) is 1.99. The van der Waals surface area contributed by atoms with E-state index in [-0.39, 0.29) is 22.5 Å². The Morgan fingerprint density at radius 2 is 1.92 bits per heavy atom. The Labute approximate surface area is 145 Å². The molecule has 6 nitrogen and oxygen atoms in total. The molecule has 2 heterocycles. The minimum atomic E-state index is -0.329. The van der Waals surface area contributed by atoms with Crippen LogP contribution in [0.5, 0.6) is 0 Å². The van der Waals surface area contributed by atoms with Gasteiger partial charge in [-0.25, -0.2) is 0 Å². The standard InChI is InChI=1S/C17H19ClN4O2/c1-12(23)20-13-7-9-21(10-8-13)15-11-19-22(17(24)16(15)18)14-5-3-2-4-6-14/h2-6,11,13H,7-10H2,1H3,(H,20,23). The highest BCUT2D eigenvalue weighted by Gasteiger charge is 2.23. The third-order valence-electron chi connectivity index (χ3n) is 4.14. The Kier molecular flexibility index (Phi) is 4.85. The molecule has 1 N–H and O–H groups in total. The van der Waals surface area contributed by atoms with Crippen LogP contribution in [0.15, 0.2) is 41.3 Å². The van der Waals surface area contributed by atoms with Crippen molar-refractivity contribution in [1.29, 1.82) is 0 Å². The van der Waals surface area contributed by atoms with Gasteiger partial charge in [-0.2, -0.15) is 9.78 Å². The highest BCUT2D eigenvalue weighted by molar-refractivity contribution is 6.33. The van der Waals surface area contributed by atoms with E-state index >= 15 is 0 Å². The van der Waals surface area contributed by atoms with Crippen molar-refractivity contribution >= 4 is 23.2 Å². The molecule has 7 heteroatoms. The molecule has 1 amide bonds. The molecule has 1 aliphatic heterocycles. The summed E-state index contributed by atoms with van der Waals surface area (Å²) in [5.41, 5.74) is 1.000. The molecule has 1 fully saturated rings. The summed E-state index contributed by atoms with van der Waals surface area (Å²) in [5, 5.41) is 7.36. The van der Waals surface area contributed by atoms with E-state index < -0.39 is 0 Å². The molecule has 1 aromatic heterocycles. The Hall–Kier alpha value is -2.34. The first-order chi connectivity index (χ1) is 11.6. The first-order valence-corrected chi connectivity index (χ1v) is 8.29. The lowest BCUT2D eigenvalue weighted by Crippen LogP contribution is -2.44. The average Bonchev–Trinajstić information content (AvgIpc) is 2.58. The molecule has 1 saturated heterocycles. The molecular formula is C17H19ClN4O2. The zero-order chi connectivity index (χ0) is 17.1. The molecule has 0 unspecified atom stereocenters. The summed E-state index contributed by atoms with van der Waals surface area (Å²) >= 11 is 6.32. The molecule has 0 spiro atoms. The number of amides is 1. The van der Waals surface area contributed by atoms with E-state index in [1.54, 1.807) is 6.20 Å². The van der Waals surface area contributed by atoms with Crippen LogP contribution >= 0.6 is 11.6 Å². The van der Waals surface area contributed by atoms with Crippen molar-refractivity contribution in [3.05, 3.63) is 51.9 Å². The number of aromatic nitrogens is 2. The van der Waals surface area contributed by atoms with Gasteiger partial charge in [0.25, 0.3) is 5.56 Å². The molecule has 1 aromatic carbocycles. The first kappa shape index (κ1) is 16.5. The minimum Gasteiger partial charge on any atom is -0.369 e. The van der Waals surface area contributed by atoms with E-state index in [9.17, 15) is 9.59 Å². The molecule has 126 valence electrons. The van der Waals surface area contributed by atoms with Gasteiger partial charge in [0, 0.05) is 26.1 Å². The maximum atomic E-state index is 12.5. The number of halogens is 1. The molecule has 0 saturated carbocycles. The van der Waals surface area contributed by atoms with E-state index in [4.69, 9.17) is 11.6 Å². The summed E-state index contributed by atoms with van der Waals surface area (Å²) < 4.78 is 1.30. The van der Waals surface area contributed by atoms with E-state index in [1.165, 1.54) is 11.6 Å². The number of nitrogens with zero attached hydrogens (tertiary/aromatic N) is 3. The third kappa shape index (κ3) is 3.43. The Bertz CT molecular complexity index is 783. The van der Waals surface area contributed by atoms with Crippen molar-refractivity contribution in [2.45, 2.75) is 25.8 Å². The molecule has 0 bridgehead atoms. The van der Waals surface area contributed by atoms with Crippen molar-refractivity contribution in [3.8, 4) is 5.69 Å². The molecule has 2 aromatic rings. The smallest absolute Gasteiger partial charge is 0.292 e. The van der Waals surface area contributed by atoms with Crippen molar-refractivity contribution in [2.24, 2.45) is 0 Å². The van der Waals surface area contributed by atoms with Gasteiger partial charge >= 0.3 is 0 Å². The summed E-state index contributed by atoms with van der Waals surface area (Å²) in [7, 11) is 0. The molecule has 3 rings (SSSR count). The molecule has 0 aliphatic carbocycles. The van der Waals surface area contributed by atoms with Gasteiger partial charge in [-0.05, 0) is 25.0 Å². The predicted molar refractivity (Wildman–Crippen MR) is 93.9 cm³/mol. The number of rotatable bonds is 3. The lowest BCUT2D eigenvalue weighted by molar-refractivity contribution is -0.119. The van der Waals surface area contributed by atoms with E-state index in [1.807, 2.05) is 35.2 Å². The monoisotopic (exact) mass is 346 g/mol. The van der Waals surface area contributed by atoms with Gasteiger partial charge in [0.15, 0.2) is 0 Å². The van der Waals surface area contributed by atoms with Crippen LogP contribution in [-0.2, 0) is 4.79 Å². The number of hydrogen-bond donors (Lipinski definition) is 1. The molecule has 0 radical (unpaired) electrons. The largest absolute Gasteiger partial charge is 0.369 e. The quantitative estimate of drug-likeness (QED) is 0.923. The second kappa shape index (κ2) is 7.05. The number of nitrogens with one attached hydrogen (secondary N) is 1. The summed E-state index contributed by atoms with van der Waals surface area (Å²) in [6, 6.07) is 9.36. The molecule has 24 heavy (non-hydrogen) atoms. The maximum absolute atomic E-state index is 12.5. The van der Waals surface area contributed by atoms with Gasteiger partial charge in [0.1, 0.15) is 5.02 Å². The fourth-order valence-electron chi connectivity index (χ4n) is 2.95. The molecule has 1 aliphatic rings. The summed E-state index contributed by atoms with van der Waals surface area (Å²) in [6.07, 6.45) is 3.27. The van der Waals surface area contributed by atoms with E-state index in [0.29, 0.717) is 11.4 Å². The second-order valence-electron chi connectivity index (χ2n) is 5.86. The van der Waals surface area contributed by atoms with Gasteiger partial charge in [0.05, 0.1) is 17.6 Å². The lowest BCUT2D eigenvalue weighted by atomic mass is 10.0. The fraction of sp³-hybridized carbons (Fsp3) is 0.353. The number of benzene rings is 1. The summed E-state index contributed by atoms with van der Waals surface area (Å²) in [4.78, 5) is 25.7. The van der Waals surface area contributed by atoms with Crippen molar-refractivity contribution in [1.82, 2.24) is 15.1 Å². The normalized spacial score (nSPS) is 15.3. The number of para-hydroxylation sites is 1. The van der Waals surface area contributed by atoms with Gasteiger partial charge in [-0.15, -0.1) is 0 Å². The molecular weight excluding hydrogens is 328 g/mol. The van der Waals surface area contributed by atoms with Gasteiger partial charge < -0.3 is 10.2 Å². The Morgan fingerprint density at radius 1 is 1.25 bits per heavy atom. The van der Waals surface area contributed by atoms with E-state index in [2.05, 4.69) is 10.4 Å². The van der Waals surface area contributed by atoms with Crippen LogP contribution in [0.4, 0.5) is 5.69 Å². The topological polar surface area (TPSA) is 67.2 Å². The van der Waals surface area contributed by atoms with Gasteiger partial charge in [-0.3, -0.25) is 9.59 Å². The van der Waals surface area contributed by atoms with Crippen LogP contribution in [0.3, 0.4) is 0 Å². The third-order valence-corrected chi connectivity index (χ3v) is 4.50. The van der Waals surface area contributed by atoms with Crippen molar-refractivity contribution in [3.63, 3.8) is 0 Å². The highest BCUT2D eigenvalue weighted by Crippen LogP contribution is 2.25. The van der Waals surface area contributed by atoms with Crippen LogP contribution in [0, 0.1) is 0 Å². The Morgan fingerprint density at radius 3 is 2.54 bits per heavy atom. The average molecular weight is 347 g/mol. The summed E-state index contributed by atoms with van der Waals surface area (Å²) in [6.45, 7) is 2.97. The number of carbonyl (C=O) groups is 1. The van der Waals surface area contributed by atoms with Gasteiger partial charge in [-0.1, -0.05) is 29.8 Å². The summed E-state index contributed by atoms with van der Waals surface area (Å²) in [5.74, 6) is -0.0152. The number of hydrogen-bond acceptors (Lipinski definition) is 4. The number of piperidine rings is 1. The zero-order valence-corrected chi connectivity index (χ0v) is 14.2. The van der Waals surface area contributed by atoms with Crippen LogP contribution in [-0.4, -0.2) is 34.8 Å². The molecule has 0 atom stereocenters. The van der Waals surface area contributed by atoms with Crippen molar-refractivity contribution in [2.75, 3.05) is 18.0 Å². The highest BCUT2D eigenvalue weighted by atomic mass is 35.5. The lowest BCUT2D eigenvalue weighted by Gasteiger charge is -2.33. The van der Waals surface area contributed by atoms with Gasteiger partial charge in [0.2, 0.25) is 5.91 Å². The number of carbonyl (C=O) groups excluding carboxylic acids is 1. The SMILES string of the molecule is CC(=O)NC1CCN(c2cnn(-c3ccccc3)c(=O)c2Cl)CC1. The second-order valence-corrected chi connectivity index (χ2v) is 6.24. The van der Waals surface area contributed by atoms with E-state index in [0.717, 1.165) is 25.9 Å². The van der Waals surface area contributed by atoms with Crippen molar-refractivity contribution < 1.29 is 4.79 Å². The van der Waals surface area contributed by atoms with Crippen LogP contribution in [0.25, 0.3) is 5.69 Å². The maximum Gasteiger partial charge on any atom is 0.292 e. The zero-order valence-electron chi connectivity index (χ0n) is 13.4. The van der Waals surface area contributed by atoms with Crippen LogP contribution < -0.4 is 15.8 Å². The fourth-order valence-corrected chi connectivity index (χ4v) is 3.20. The minimum absolute atomic E-state index is 0.0152. The first-order valence-electron chi connectivity index (χ1n) is 7.91. The Balaban J connectivity index is 1.80. The number of anilines is 1.